The second-order valence-corrected chi connectivity index (χ2v) is 4.31. The normalized spacial score (nSPS) is 15.9. The summed E-state index contributed by atoms with van der Waals surface area (Å²) in [7, 11) is 0. The minimum atomic E-state index is 0.0801. The van der Waals surface area contributed by atoms with Crippen molar-refractivity contribution in [1.82, 2.24) is 9.97 Å². The van der Waals surface area contributed by atoms with Crippen LogP contribution in [0.5, 0.6) is 0 Å². The fourth-order valence-corrected chi connectivity index (χ4v) is 2.04. The third kappa shape index (κ3) is 2.20. The third-order valence-corrected chi connectivity index (χ3v) is 3.14. The van der Waals surface area contributed by atoms with Crippen LogP contribution in [0.2, 0.25) is 5.02 Å². The van der Waals surface area contributed by atoms with Crippen LogP contribution in [0.15, 0.2) is 6.20 Å². The molecule has 1 fully saturated rings. The van der Waals surface area contributed by atoms with Crippen LogP contribution in [0.3, 0.4) is 0 Å². The second kappa shape index (κ2) is 4.84. The van der Waals surface area contributed by atoms with E-state index in [0.29, 0.717) is 23.4 Å². The molecule has 6 heteroatoms. The molecule has 0 bridgehead atoms. The van der Waals surface area contributed by atoms with Gasteiger partial charge in [0.25, 0.3) is 0 Å². The molecule has 1 aliphatic carbocycles. The molecule has 0 saturated heterocycles. The molecule has 0 unspecified atom stereocenters. The van der Waals surface area contributed by atoms with Crippen molar-refractivity contribution >= 4 is 23.4 Å². The monoisotopic (exact) mass is 242 g/mol. The number of aromatic nitrogens is 2. The van der Waals surface area contributed by atoms with Gasteiger partial charge in [0.05, 0.1) is 12.8 Å². The summed E-state index contributed by atoms with van der Waals surface area (Å²) in [5.41, 5.74) is 5.55. The highest BCUT2D eigenvalue weighted by Gasteiger charge is 2.27. The van der Waals surface area contributed by atoms with E-state index in [0.717, 1.165) is 12.8 Å². The molecular formula is C10H15ClN4O. The predicted molar refractivity (Wildman–Crippen MR) is 63.5 cm³/mol. The Morgan fingerprint density at radius 2 is 2.31 bits per heavy atom. The van der Waals surface area contributed by atoms with Crippen LogP contribution < -0.4 is 10.6 Å². The molecule has 1 saturated carbocycles. The SMILES string of the molecule is Nc1ncc(Cl)c(N(CCO)C2CCC2)n1. The molecule has 3 N–H and O–H groups in total. The van der Waals surface area contributed by atoms with E-state index in [-0.39, 0.29) is 12.6 Å². The number of aliphatic hydroxyl groups excluding tert-OH is 1. The standard InChI is InChI=1S/C10H15ClN4O/c11-8-6-13-10(12)14-9(8)15(4-5-16)7-2-1-3-7/h6-7,16H,1-5H2,(H2,12,13,14). The van der Waals surface area contributed by atoms with Gasteiger partial charge in [-0.15, -0.1) is 0 Å². The zero-order valence-corrected chi connectivity index (χ0v) is 9.69. The minimum Gasteiger partial charge on any atom is -0.395 e. The molecule has 88 valence electrons. The molecule has 2 rings (SSSR count). The molecule has 0 aromatic carbocycles. The Kier molecular flexibility index (Phi) is 3.46. The van der Waals surface area contributed by atoms with E-state index >= 15 is 0 Å². The van der Waals surface area contributed by atoms with E-state index in [9.17, 15) is 0 Å². The Balaban J connectivity index is 2.25. The van der Waals surface area contributed by atoms with Gasteiger partial charge in [-0.05, 0) is 19.3 Å². The molecule has 0 amide bonds. The van der Waals surface area contributed by atoms with Crippen molar-refractivity contribution in [1.29, 1.82) is 0 Å². The van der Waals surface area contributed by atoms with Gasteiger partial charge in [0.15, 0.2) is 5.82 Å². The van der Waals surface area contributed by atoms with Crippen molar-refractivity contribution in [3.05, 3.63) is 11.2 Å². The topological polar surface area (TPSA) is 75.3 Å². The number of hydrogen-bond acceptors (Lipinski definition) is 5. The van der Waals surface area contributed by atoms with Crippen LogP contribution in [0, 0.1) is 0 Å². The van der Waals surface area contributed by atoms with Crippen LogP contribution in [0.4, 0.5) is 11.8 Å². The number of anilines is 2. The summed E-state index contributed by atoms with van der Waals surface area (Å²) in [4.78, 5) is 9.99. The molecule has 0 spiro atoms. The Bertz CT molecular complexity index is 370. The molecular weight excluding hydrogens is 228 g/mol. The highest BCUT2D eigenvalue weighted by atomic mass is 35.5. The lowest BCUT2D eigenvalue weighted by Crippen LogP contribution is -2.42. The predicted octanol–water partition coefficient (Wildman–Crippen LogP) is 1.06. The molecule has 1 aromatic heterocycles. The van der Waals surface area contributed by atoms with Crippen LogP contribution in [-0.2, 0) is 0 Å². The largest absolute Gasteiger partial charge is 0.395 e. The van der Waals surface area contributed by atoms with Crippen molar-refractivity contribution < 1.29 is 5.11 Å². The lowest BCUT2D eigenvalue weighted by molar-refractivity contribution is 0.283. The van der Waals surface area contributed by atoms with Crippen molar-refractivity contribution in [2.24, 2.45) is 0 Å². The molecule has 0 radical (unpaired) electrons. The van der Waals surface area contributed by atoms with Crippen LogP contribution >= 0.6 is 11.6 Å². The number of hydrogen-bond donors (Lipinski definition) is 2. The van der Waals surface area contributed by atoms with Gasteiger partial charge in [-0.1, -0.05) is 11.6 Å². The van der Waals surface area contributed by atoms with Crippen molar-refractivity contribution in [3.63, 3.8) is 0 Å². The van der Waals surface area contributed by atoms with E-state index < -0.39 is 0 Å². The maximum absolute atomic E-state index is 9.07. The summed E-state index contributed by atoms with van der Waals surface area (Å²) in [5.74, 6) is 0.842. The fourth-order valence-electron chi connectivity index (χ4n) is 1.84. The minimum absolute atomic E-state index is 0.0801. The Hall–Kier alpha value is -1.07. The molecule has 1 aliphatic rings. The van der Waals surface area contributed by atoms with Gasteiger partial charge in [-0.25, -0.2) is 4.98 Å². The Morgan fingerprint density at radius 1 is 1.56 bits per heavy atom. The summed E-state index contributed by atoms with van der Waals surface area (Å²) in [6.07, 6.45) is 4.94. The van der Waals surface area contributed by atoms with Gasteiger partial charge in [0.2, 0.25) is 5.95 Å². The van der Waals surface area contributed by atoms with Crippen LogP contribution in [0.1, 0.15) is 19.3 Å². The van der Waals surface area contributed by atoms with Crippen molar-refractivity contribution in [2.45, 2.75) is 25.3 Å². The number of rotatable bonds is 4. The zero-order chi connectivity index (χ0) is 11.5. The summed E-state index contributed by atoms with van der Waals surface area (Å²) < 4.78 is 0. The van der Waals surface area contributed by atoms with E-state index in [1.54, 1.807) is 0 Å². The summed E-state index contributed by atoms with van der Waals surface area (Å²) in [6, 6.07) is 0.416. The lowest BCUT2D eigenvalue weighted by atomic mass is 9.91. The number of nitrogen functional groups attached to an aromatic ring is 1. The van der Waals surface area contributed by atoms with E-state index in [1.807, 2.05) is 4.90 Å². The van der Waals surface area contributed by atoms with E-state index in [4.69, 9.17) is 22.4 Å². The first-order valence-electron chi connectivity index (χ1n) is 5.38. The fraction of sp³-hybridized carbons (Fsp3) is 0.600. The molecule has 16 heavy (non-hydrogen) atoms. The van der Waals surface area contributed by atoms with Gasteiger partial charge in [-0.3, -0.25) is 0 Å². The lowest BCUT2D eigenvalue weighted by Gasteiger charge is -2.38. The number of nitrogens with zero attached hydrogens (tertiary/aromatic N) is 3. The van der Waals surface area contributed by atoms with Gasteiger partial charge >= 0.3 is 0 Å². The quantitative estimate of drug-likeness (QED) is 0.826. The maximum atomic E-state index is 9.07. The third-order valence-electron chi connectivity index (χ3n) is 2.87. The molecule has 0 aliphatic heterocycles. The molecule has 0 atom stereocenters. The summed E-state index contributed by atoms with van der Waals surface area (Å²) in [5, 5.41) is 9.55. The van der Waals surface area contributed by atoms with Crippen LogP contribution in [0.25, 0.3) is 0 Å². The average molecular weight is 243 g/mol. The highest BCUT2D eigenvalue weighted by molar-refractivity contribution is 6.32. The van der Waals surface area contributed by atoms with Gasteiger partial charge in [0, 0.05) is 12.6 Å². The van der Waals surface area contributed by atoms with Gasteiger partial charge in [0.1, 0.15) is 5.02 Å². The maximum Gasteiger partial charge on any atom is 0.222 e. The zero-order valence-electron chi connectivity index (χ0n) is 8.93. The molecule has 5 nitrogen and oxygen atoms in total. The molecule has 1 aromatic rings. The summed E-state index contributed by atoms with van der Waals surface area (Å²) >= 11 is 6.05. The highest BCUT2D eigenvalue weighted by Crippen LogP contribution is 2.32. The van der Waals surface area contributed by atoms with Gasteiger partial charge < -0.3 is 15.7 Å². The van der Waals surface area contributed by atoms with E-state index in [1.165, 1.54) is 12.6 Å². The smallest absolute Gasteiger partial charge is 0.222 e. The van der Waals surface area contributed by atoms with Gasteiger partial charge in [-0.2, -0.15) is 4.98 Å². The first-order chi connectivity index (χ1) is 7.72. The number of halogens is 1. The Morgan fingerprint density at radius 3 is 2.88 bits per heavy atom. The number of aliphatic hydroxyl groups is 1. The van der Waals surface area contributed by atoms with E-state index in [2.05, 4.69) is 9.97 Å². The average Bonchev–Trinajstić information content (AvgIpc) is 2.18. The second-order valence-electron chi connectivity index (χ2n) is 3.90. The molecule has 1 heterocycles. The number of nitrogens with two attached hydrogens (primary N) is 1. The Labute approximate surface area is 99.3 Å². The first-order valence-corrected chi connectivity index (χ1v) is 5.75. The first kappa shape index (κ1) is 11.4. The van der Waals surface area contributed by atoms with Crippen LogP contribution in [-0.4, -0.2) is 34.3 Å². The van der Waals surface area contributed by atoms with Crippen molar-refractivity contribution in [3.8, 4) is 0 Å². The summed E-state index contributed by atoms with van der Waals surface area (Å²) in [6.45, 7) is 0.609. The van der Waals surface area contributed by atoms with Crippen molar-refractivity contribution in [2.75, 3.05) is 23.8 Å².